The molecule has 1 aliphatic rings. The molecule has 0 spiro atoms. The second-order valence-electron chi connectivity index (χ2n) is 3.41. The fourth-order valence-electron chi connectivity index (χ4n) is 1.72. The van der Waals surface area contributed by atoms with Crippen molar-refractivity contribution in [2.75, 3.05) is 6.61 Å². The van der Waals surface area contributed by atoms with Gasteiger partial charge in [0.05, 0.1) is 6.10 Å². The summed E-state index contributed by atoms with van der Waals surface area (Å²) in [4.78, 5) is 0. The van der Waals surface area contributed by atoms with E-state index in [0.717, 1.165) is 18.4 Å². The molecule has 1 rings (SSSR count). The number of aliphatic hydroxyl groups excluding tert-OH is 2. The summed E-state index contributed by atoms with van der Waals surface area (Å²) in [7, 11) is 0. The van der Waals surface area contributed by atoms with Crippen molar-refractivity contribution < 1.29 is 10.2 Å². The molecule has 1 saturated carbocycles. The topological polar surface area (TPSA) is 40.5 Å². The molecule has 2 heteroatoms. The van der Waals surface area contributed by atoms with Gasteiger partial charge in [0.2, 0.25) is 0 Å². The average molecular weight is 156 g/mol. The van der Waals surface area contributed by atoms with Gasteiger partial charge in [0.1, 0.15) is 0 Å². The van der Waals surface area contributed by atoms with Gasteiger partial charge in [-0.2, -0.15) is 0 Å². The largest absolute Gasteiger partial charge is 0.396 e. The van der Waals surface area contributed by atoms with E-state index in [1.54, 1.807) is 0 Å². The maximum absolute atomic E-state index is 9.44. The third-order valence-corrected chi connectivity index (χ3v) is 2.72. The van der Waals surface area contributed by atoms with E-state index in [2.05, 4.69) is 6.58 Å². The lowest BCUT2D eigenvalue weighted by atomic mass is 9.76. The predicted molar refractivity (Wildman–Crippen MR) is 44.1 cm³/mol. The highest BCUT2D eigenvalue weighted by Crippen LogP contribution is 2.32. The van der Waals surface area contributed by atoms with Crippen molar-refractivity contribution >= 4 is 0 Å². The number of hydrogen-bond acceptors (Lipinski definition) is 2. The van der Waals surface area contributed by atoms with Crippen LogP contribution < -0.4 is 0 Å². The van der Waals surface area contributed by atoms with Gasteiger partial charge >= 0.3 is 0 Å². The molecule has 11 heavy (non-hydrogen) atoms. The van der Waals surface area contributed by atoms with Crippen molar-refractivity contribution in [3.8, 4) is 0 Å². The molecule has 2 nitrogen and oxygen atoms in total. The molecule has 3 atom stereocenters. The van der Waals surface area contributed by atoms with Crippen LogP contribution >= 0.6 is 0 Å². The summed E-state index contributed by atoms with van der Waals surface area (Å²) < 4.78 is 0. The Balaban J connectivity index is 2.63. The highest BCUT2D eigenvalue weighted by molar-refractivity contribution is 5.07. The van der Waals surface area contributed by atoms with Crippen LogP contribution in [0.3, 0.4) is 0 Å². The number of hydrogen-bond donors (Lipinski definition) is 2. The second kappa shape index (κ2) is 3.37. The molecular weight excluding hydrogens is 140 g/mol. The van der Waals surface area contributed by atoms with E-state index < -0.39 is 0 Å². The molecule has 1 aliphatic carbocycles. The molecule has 0 radical (unpaired) electrons. The molecular formula is C9H16O2. The van der Waals surface area contributed by atoms with Crippen molar-refractivity contribution in [3.05, 3.63) is 12.2 Å². The van der Waals surface area contributed by atoms with Crippen LogP contribution in [0.2, 0.25) is 0 Å². The molecule has 0 aromatic carbocycles. The maximum atomic E-state index is 9.44. The third-order valence-electron chi connectivity index (χ3n) is 2.72. The van der Waals surface area contributed by atoms with Crippen LogP contribution in [0.4, 0.5) is 0 Å². The first-order chi connectivity index (χ1) is 5.16. The van der Waals surface area contributed by atoms with Gasteiger partial charge in [-0.15, -0.1) is 0 Å². The molecule has 64 valence electrons. The standard InChI is InChI=1S/C9H16O2/c1-6-3-4-9(11)7(2)8(6)5-10/h7-11H,1,3-5H2,2H3. The Morgan fingerprint density at radius 3 is 2.73 bits per heavy atom. The summed E-state index contributed by atoms with van der Waals surface area (Å²) in [6.45, 7) is 5.97. The zero-order chi connectivity index (χ0) is 8.43. The van der Waals surface area contributed by atoms with Crippen molar-refractivity contribution in [2.24, 2.45) is 11.8 Å². The molecule has 3 unspecified atom stereocenters. The normalized spacial score (nSPS) is 39.2. The lowest BCUT2D eigenvalue weighted by molar-refractivity contribution is 0.0453. The minimum absolute atomic E-state index is 0.110. The average Bonchev–Trinajstić information content (AvgIpc) is 1.99. The quantitative estimate of drug-likeness (QED) is 0.555. The van der Waals surface area contributed by atoms with Gasteiger partial charge in [-0.25, -0.2) is 0 Å². The fourth-order valence-corrected chi connectivity index (χ4v) is 1.72. The summed E-state index contributed by atoms with van der Waals surface area (Å²) in [6, 6.07) is 0. The third kappa shape index (κ3) is 1.63. The summed E-state index contributed by atoms with van der Waals surface area (Å²) >= 11 is 0. The smallest absolute Gasteiger partial charge is 0.0575 e. The lowest BCUT2D eigenvalue weighted by Gasteiger charge is -2.33. The summed E-state index contributed by atoms with van der Waals surface area (Å²) in [5.41, 5.74) is 1.09. The Hall–Kier alpha value is -0.340. The van der Waals surface area contributed by atoms with E-state index in [1.807, 2.05) is 6.92 Å². The summed E-state index contributed by atoms with van der Waals surface area (Å²) in [5, 5.41) is 18.4. The highest BCUT2D eigenvalue weighted by Gasteiger charge is 2.30. The van der Waals surface area contributed by atoms with Crippen LogP contribution in [0.25, 0.3) is 0 Å². The first kappa shape index (κ1) is 8.75. The van der Waals surface area contributed by atoms with Crippen molar-refractivity contribution in [1.82, 2.24) is 0 Å². The highest BCUT2D eigenvalue weighted by atomic mass is 16.3. The zero-order valence-corrected chi connectivity index (χ0v) is 6.95. The van der Waals surface area contributed by atoms with Crippen molar-refractivity contribution in [1.29, 1.82) is 0 Å². The van der Waals surface area contributed by atoms with Crippen LogP contribution in [0.15, 0.2) is 12.2 Å². The van der Waals surface area contributed by atoms with Crippen LogP contribution in [0, 0.1) is 11.8 Å². The summed E-state index contributed by atoms with van der Waals surface area (Å²) in [6.07, 6.45) is 1.41. The van der Waals surface area contributed by atoms with E-state index in [0.29, 0.717) is 0 Å². The van der Waals surface area contributed by atoms with E-state index in [4.69, 9.17) is 5.11 Å². The molecule has 0 amide bonds. The van der Waals surface area contributed by atoms with Gasteiger partial charge < -0.3 is 10.2 Å². The van der Waals surface area contributed by atoms with Gasteiger partial charge in [-0.1, -0.05) is 19.1 Å². The van der Waals surface area contributed by atoms with Crippen LogP contribution in [0.1, 0.15) is 19.8 Å². The van der Waals surface area contributed by atoms with Gasteiger partial charge in [0, 0.05) is 12.5 Å². The molecule has 2 N–H and O–H groups in total. The fraction of sp³-hybridized carbons (Fsp3) is 0.778. The molecule has 0 heterocycles. The first-order valence-corrected chi connectivity index (χ1v) is 4.13. The molecule has 0 aromatic rings. The first-order valence-electron chi connectivity index (χ1n) is 4.13. The van der Waals surface area contributed by atoms with E-state index >= 15 is 0 Å². The van der Waals surface area contributed by atoms with E-state index in [-0.39, 0.29) is 24.5 Å². The van der Waals surface area contributed by atoms with E-state index in [9.17, 15) is 5.11 Å². The Kier molecular flexibility index (Phi) is 2.68. The van der Waals surface area contributed by atoms with Gasteiger partial charge in [0.15, 0.2) is 0 Å². The van der Waals surface area contributed by atoms with Crippen LogP contribution in [0.5, 0.6) is 0 Å². The van der Waals surface area contributed by atoms with Gasteiger partial charge in [-0.05, 0) is 18.8 Å². The minimum Gasteiger partial charge on any atom is -0.396 e. The monoisotopic (exact) mass is 156 g/mol. The van der Waals surface area contributed by atoms with Gasteiger partial charge in [0.25, 0.3) is 0 Å². The predicted octanol–water partition coefficient (Wildman–Crippen LogP) is 0.942. The van der Waals surface area contributed by atoms with Crippen molar-refractivity contribution in [3.63, 3.8) is 0 Å². The van der Waals surface area contributed by atoms with Crippen molar-refractivity contribution in [2.45, 2.75) is 25.9 Å². The Morgan fingerprint density at radius 1 is 1.64 bits per heavy atom. The SMILES string of the molecule is C=C1CCC(O)C(C)C1CO. The zero-order valence-electron chi connectivity index (χ0n) is 6.95. The van der Waals surface area contributed by atoms with Crippen LogP contribution in [-0.2, 0) is 0 Å². The number of rotatable bonds is 1. The Labute approximate surface area is 67.6 Å². The molecule has 0 bridgehead atoms. The maximum Gasteiger partial charge on any atom is 0.0575 e. The molecule has 0 aliphatic heterocycles. The molecule has 0 saturated heterocycles. The Bertz CT molecular complexity index is 154. The molecule has 1 fully saturated rings. The second-order valence-corrected chi connectivity index (χ2v) is 3.41. The van der Waals surface area contributed by atoms with Crippen LogP contribution in [-0.4, -0.2) is 22.9 Å². The lowest BCUT2D eigenvalue weighted by Crippen LogP contribution is -2.33. The van der Waals surface area contributed by atoms with Gasteiger partial charge in [-0.3, -0.25) is 0 Å². The summed E-state index contributed by atoms with van der Waals surface area (Å²) in [5.74, 6) is 0.278. The minimum atomic E-state index is -0.252. The molecule has 0 aromatic heterocycles. The number of aliphatic hydroxyl groups is 2. The Morgan fingerprint density at radius 2 is 2.27 bits per heavy atom. The van der Waals surface area contributed by atoms with E-state index in [1.165, 1.54) is 0 Å².